The van der Waals surface area contributed by atoms with Gasteiger partial charge in [-0.2, -0.15) is 0 Å². The first-order valence-electron chi connectivity index (χ1n) is 15.6. The van der Waals surface area contributed by atoms with E-state index < -0.39 is 0 Å². The standard InChI is InChI=1S/C42H32N4.Pt/c1-42(2,3)30-26-37(44-38(27-30)35-20-12-19-34-33-18-6-7-21-36(33)45-41(34)35)29-15-10-16-31(25-29)46(40-23-8-9-24-43-40)39-22-11-14-28-13-4-5-17-32(28)39;/h4-24,26-27H,1-3H3;/q-2;+2. The molecule has 0 saturated heterocycles. The number of anilines is 3. The number of pyridine rings is 2. The molecule has 0 amide bonds. The first-order valence-corrected chi connectivity index (χ1v) is 15.6. The second kappa shape index (κ2) is 12.3. The van der Waals surface area contributed by atoms with Crippen LogP contribution in [-0.2, 0) is 26.5 Å². The zero-order valence-electron chi connectivity index (χ0n) is 26.4. The van der Waals surface area contributed by atoms with Gasteiger partial charge >= 0.3 is 21.1 Å². The molecule has 0 aliphatic carbocycles. The Bertz CT molecular complexity index is 2360. The molecule has 5 heteroatoms. The van der Waals surface area contributed by atoms with Gasteiger partial charge in [0.15, 0.2) is 0 Å². The Balaban J connectivity index is 0.00000351. The normalized spacial score (nSPS) is 11.6. The van der Waals surface area contributed by atoms with Gasteiger partial charge in [0, 0.05) is 11.6 Å². The molecule has 3 aromatic heterocycles. The molecular formula is C42H32N4Pt. The van der Waals surface area contributed by atoms with E-state index in [0.29, 0.717) is 0 Å². The molecule has 4 nitrogen and oxygen atoms in total. The van der Waals surface area contributed by atoms with Crippen LogP contribution in [0.1, 0.15) is 26.3 Å². The van der Waals surface area contributed by atoms with Crippen molar-refractivity contribution in [3.05, 3.63) is 151 Å². The smallest absolute Gasteiger partial charge is 0.656 e. The molecule has 5 aromatic carbocycles. The number of rotatable bonds is 5. The molecule has 47 heavy (non-hydrogen) atoms. The molecular weight excluding hydrogens is 756 g/mol. The minimum atomic E-state index is -0.0922. The maximum Gasteiger partial charge on any atom is 2.00 e. The number of fused-ring (bicyclic) bond motifs is 4. The van der Waals surface area contributed by atoms with Gasteiger partial charge in [-0.3, -0.25) is 4.98 Å². The van der Waals surface area contributed by atoms with Crippen LogP contribution in [0, 0.1) is 6.07 Å². The number of nitrogens with zero attached hydrogens (tertiary/aromatic N) is 4. The van der Waals surface area contributed by atoms with Gasteiger partial charge in [-0.15, -0.1) is 40.9 Å². The summed E-state index contributed by atoms with van der Waals surface area (Å²) in [6.07, 6.45) is 1.83. The summed E-state index contributed by atoms with van der Waals surface area (Å²) in [6.45, 7) is 6.74. The molecule has 0 unspecified atom stereocenters. The summed E-state index contributed by atoms with van der Waals surface area (Å²) in [5, 5.41) is 4.62. The summed E-state index contributed by atoms with van der Waals surface area (Å²) in [7, 11) is 0. The Morgan fingerprint density at radius 3 is 2.19 bits per heavy atom. The summed E-state index contributed by atoms with van der Waals surface area (Å²) >= 11 is 0. The molecule has 0 aliphatic rings. The Kier molecular flexibility index (Phi) is 7.99. The number of aromatic nitrogens is 3. The van der Waals surface area contributed by atoms with E-state index in [-0.39, 0.29) is 26.5 Å². The second-order valence-electron chi connectivity index (χ2n) is 12.7. The summed E-state index contributed by atoms with van der Waals surface area (Å²) < 4.78 is 0. The van der Waals surface area contributed by atoms with E-state index in [1.165, 1.54) is 10.9 Å². The van der Waals surface area contributed by atoms with Crippen LogP contribution in [0.4, 0.5) is 17.2 Å². The van der Waals surface area contributed by atoms with Gasteiger partial charge in [-0.1, -0.05) is 112 Å². The minimum absolute atomic E-state index is 0. The Morgan fingerprint density at radius 2 is 1.36 bits per heavy atom. The van der Waals surface area contributed by atoms with Crippen LogP contribution in [0.5, 0.6) is 0 Å². The average Bonchev–Trinajstić information content (AvgIpc) is 3.48. The molecule has 3 heterocycles. The molecule has 0 fully saturated rings. The van der Waals surface area contributed by atoms with E-state index in [2.05, 4.69) is 141 Å². The van der Waals surface area contributed by atoms with Crippen molar-refractivity contribution >= 4 is 49.8 Å². The van der Waals surface area contributed by atoms with Crippen LogP contribution in [0.25, 0.3) is 55.1 Å². The molecule has 0 bridgehead atoms. The third-order valence-electron chi connectivity index (χ3n) is 8.61. The SMILES string of the molecule is CC(C)(C)c1cc(-c2[c-]c(N(c3ccccn3)c3cccc4ccccc34)ccc2)nc(-c2cccc3c2[n-]c2ccccc23)c1.[Pt+2]. The molecule has 0 saturated carbocycles. The van der Waals surface area contributed by atoms with Crippen LogP contribution in [0.2, 0.25) is 0 Å². The number of para-hydroxylation sites is 2. The van der Waals surface area contributed by atoms with Crippen LogP contribution in [0.15, 0.2) is 140 Å². The zero-order valence-corrected chi connectivity index (χ0v) is 28.7. The predicted octanol–water partition coefficient (Wildman–Crippen LogP) is 10.8. The first-order chi connectivity index (χ1) is 22.4. The Labute approximate surface area is 289 Å². The minimum Gasteiger partial charge on any atom is -0.656 e. The van der Waals surface area contributed by atoms with Crippen molar-refractivity contribution in [2.75, 3.05) is 4.90 Å². The van der Waals surface area contributed by atoms with E-state index >= 15 is 0 Å². The topological polar surface area (TPSA) is 43.1 Å². The third kappa shape index (κ3) is 5.64. The Hall–Kier alpha value is -5.05. The fourth-order valence-corrected chi connectivity index (χ4v) is 6.25. The third-order valence-corrected chi connectivity index (χ3v) is 8.61. The molecule has 8 rings (SSSR count). The summed E-state index contributed by atoms with van der Waals surface area (Å²) in [4.78, 5) is 17.3. The monoisotopic (exact) mass is 787 g/mol. The molecule has 230 valence electrons. The van der Waals surface area contributed by atoms with Gasteiger partial charge in [0.05, 0.1) is 11.4 Å². The van der Waals surface area contributed by atoms with Gasteiger partial charge in [0.25, 0.3) is 0 Å². The molecule has 0 spiro atoms. The van der Waals surface area contributed by atoms with E-state index in [1.807, 2.05) is 30.5 Å². The van der Waals surface area contributed by atoms with Gasteiger partial charge < -0.3 is 9.88 Å². The van der Waals surface area contributed by atoms with E-state index in [4.69, 9.17) is 15.0 Å². The maximum atomic E-state index is 5.30. The second-order valence-corrected chi connectivity index (χ2v) is 12.7. The average molecular weight is 788 g/mol. The van der Waals surface area contributed by atoms with Crippen molar-refractivity contribution < 1.29 is 21.1 Å². The van der Waals surface area contributed by atoms with Crippen molar-refractivity contribution in [3.8, 4) is 22.5 Å². The van der Waals surface area contributed by atoms with Gasteiger partial charge in [0.2, 0.25) is 0 Å². The molecule has 0 atom stereocenters. The Morgan fingerprint density at radius 1 is 0.660 bits per heavy atom. The van der Waals surface area contributed by atoms with Crippen LogP contribution in [-0.4, -0.2) is 9.97 Å². The summed E-state index contributed by atoms with van der Waals surface area (Å²) in [6, 6.07) is 50.0. The number of benzene rings is 5. The van der Waals surface area contributed by atoms with Crippen LogP contribution >= 0.6 is 0 Å². The zero-order chi connectivity index (χ0) is 31.3. The van der Waals surface area contributed by atoms with Gasteiger partial charge in [0.1, 0.15) is 5.82 Å². The first kappa shape index (κ1) is 30.6. The van der Waals surface area contributed by atoms with Gasteiger partial charge in [-0.25, -0.2) is 4.98 Å². The van der Waals surface area contributed by atoms with Crippen molar-refractivity contribution in [1.29, 1.82) is 0 Å². The fraction of sp³-hybridized carbons (Fsp3) is 0.0952. The van der Waals surface area contributed by atoms with E-state index in [1.54, 1.807) is 0 Å². The summed E-state index contributed by atoms with van der Waals surface area (Å²) in [5.74, 6) is 0.824. The molecule has 0 radical (unpaired) electrons. The molecule has 0 aliphatic heterocycles. The quantitative estimate of drug-likeness (QED) is 0.163. The van der Waals surface area contributed by atoms with Crippen LogP contribution < -0.4 is 9.88 Å². The number of hydrogen-bond donors (Lipinski definition) is 0. The van der Waals surface area contributed by atoms with Gasteiger partial charge in [-0.05, 0) is 68.3 Å². The maximum absolute atomic E-state index is 5.30. The summed E-state index contributed by atoms with van der Waals surface area (Å²) in [5.41, 5.74) is 8.75. The predicted molar refractivity (Wildman–Crippen MR) is 191 cm³/mol. The fourth-order valence-electron chi connectivity index (χ4n) is 6.25. The van der Waals surface area contributed by atoms with E-state index in [9.17, 15) is 0 Å². The van der Waals surface area contributed by atoms with Crippen molar-refractivity contribution in [2.24, 2.45) is 0 Å². The van der Waals surface area contributed by atoms with E-state index in [0.717, 1.165) is 66.9 Å². The number of hydrogen-bond acceptors (Lipinski definition) is 3. The molecule has 8 aromatic rings. The molecule has 0 N–H and O–H groups in total. The van der Waals surface area contributed by atoms with Crippen molar-refractivity contribution in [2.45, 2.75) is 26.2 Å². The van der Waals surface area contributed by atoms with Crippen molar-refractivity contribution in [1.82, 2.24) is 15.0 Å². The largest absolute Gasteiger partial charge is 2.00 e. The van der Waals surface area contributed by atoms with Crippen molar-refractivity contribution in [3.63, 3.8) is 0 Å². The van der Waals surface area contributed by atoms with Crippen LogP contribution in [0.3, 0.4) is 0 Å².